The van der Waals surface area contributed by atoms with Crippen molar-refractivity contribution in [2.75, 3.05) is 6.54 Å². The smallest absolute Gasteiger partial charge is 0.169 e. The van der Waals surface area contributed by atoms with E-state index in [1.54, 1.807) is 11.3 Å². The van der Waals surface area contributed by atoms with Crippen LogP contribution in [0.2, 0.25) is 0 Å². The zero-order valence-corrected chi connectivity index (χ0v) is 15.5. The molecule has 1 aliphatic heterocycles. The van der Waals surface area contributed by atoms with E-state index in [-0.39, 0.29) is 0 Å². The van der Waals surface area contributed by atoms with Gasteiger partial charge in [0.2, 0.25) is 0 Å². The Morgan fingerprint density at radius 3 is 2.85 bits per heavy atom. The number of aromatic nitrogens is 5. The zero-order chi connectivity index (χ0) is 18.1. The number of nitrogens with zero attached hydrogens (tertiary/aromatic N) is 6. The fraction of sp³-hybridized carbons (Fsp3) is 0.200. The van der Waals surface area contributed by atoms with Gasteiger partial charge in [0.15, 0.2) is 5.82 Å². The molecule has 0 spiro atoms. The van der Waals surface area contributed by atoms with E-state index >= 15 is 0 Å². The number of rotatable bonds is 4. The lowest BCUT2D eigenvalue weighted by atomic mass is 10.1. The topological polar surface area (TPSA) is 59.7 Å². The Hall–Kier alpha value is -2.90. The van der Waals surface area contributed by atoms with Gasteiger partial charge in [0.05, 0.1) is 28.1 Å². The van der Waals surface area contributed by atoms with Gasteiger partial charge < -0.3 is 0 Å². The molecule has 27 heavy (non-hydrogen) atoms. The van der Waals surface area contributed by atoms with Crippen LogP contribution in [0.1, 0.15) is 17.0 Å². The second-order valence-electron chi connectivity index (χ2n) is 6.59. The third-order valence-corrected chi connectivity index (χ3v) is 5.57. The van der Waals surface area contributed by atoms with Gasteiger partial charge in [0.1, 0.15) is 0 Å². The van der Waals surface area contributed by atoms with Gasteiger partial charge in [0.25, 0.3) is 0 Å². The second-order valence-corrected chi connectivity index (χ2v) is 7.54. The first kappa shape index (κ1) is 16.3. The minimum Gasteiger partial charge on any atom is -0.293 e. The van der Waals surface area contributed by atoms with Crippen molar-refractivity contribution in [1.82, 2.24) is 29.9 Å². The molecule has 1 aliphatic rings. The molecule has 0 amide bonds. The van der Waals surface area contributed by atoms with Gasteiger partial charge in [-0.05, 0) is 23.6 Å². The normalized spacial score (nSPS) is 14.2. The number of hydrogen-bond donors (Lipinski definition) is 0. The number of thiophene rings is 1. The monoisotopic (exact) mass is 374 g/mol. The van der Waals surface area contributed by atoms with Crippen molar-refractivity contribution in [3.8, 4) is 16.4 Å². The molecule has 0 fully saturated rings. The summed E-state index contributed by atoms with van der Waals surface area (Å²) in [5.41, 5.74) is 4.36. The van der Waals surface area contributed by atoms with Crippen LogP contribution in [-0.4, -0.2) is 36.4 Å². The maximum Gasteiger partial charge on any atom is 0.169 e. The summed E-state index contributed by atoms with van der Waals surface area (Å²) in [6.45, 7) is 2.59. The van der Waals surface area contributed by atoms with Crippen LogP contribution in [0.3, 0.4) is 0 Å². The van der Waals surface area contributed by atoms with Gasteiger partial charge in [0, 0.05) is 37.8 Å². The lowest BCUT2D eigenvalue weighted by molar-refractivity contribution is 0.240. The highest BCUT2D eigenvalue weighted by Crippen LogP contribution is 2.24. The minimum atomic E-state index is 0.777. The van der Waals surface area contributed by atoms with E-state index < -0.39 is 0 Å². The van der Waals surface area contributed by atoms with E-state index in [4.69, 9.17) is 4.98 Å². The molecule has 0 atom stereocenters. The van der Waals surface area contributed by atoms with Crippen molar-refractivity contribution in [2.24, 2.45) is 0 Å². The third kappa shape index (κ3) is 3.39. The van der Waals surface area contributed by atoms with Crippen LogP contribution in [0.15, 0.2) is 60.2 Å². The van der Waals surface area contributed by atoms with Gasteiger partial charge in [-0.1, -0.05) is 29.5 Å². The van der Waals surface area contributed by atoms with E-state index in [9.17, 15) is 0 Å². The second kappa shape index (κ2) is 7.02. The highest BCUT2D eigenvalue weighted by Gasteiger charge is 2.20. The van der Waals surface area contributed by atoms with Crippen molar-refractivity contribution in [1.29, 1.82) is 0 Å². The summed E-state index contributed by atoms with van der Waals surface area (Å²) < 4.78 is 1.82. The molecule has 6 nitrogen and oxygen atoms in total. The molecule has 3 aromatic heterocycles. The van der Waals surface area contributed by atoms with Crippen molar-refractivity contribution in [3.05, 3.63) is 77.2 Å². The lowest BCUT2D eigenvalue weighted by Gasteiger charge is -2.27. The van der Waals surface area contributed by atoms with Gasteiger partial charge in [-0.3, -0.25) is 4.90 Å². The molecule has 134 valence electrons. The van der Waals surface area contributed by atoms with Gasteiger partial charge in [-0.15, -0.1) is 16.4 Å². The Labute approximate surface area is 161 Å². The Balaban J connectivity index is 1.30. The fourth-order valence-corrected chi connectivity index (χ4v) is 4.01. The Kier molecular flexibility index (Phi) is 4.23. The largest absolute Gasteiger partial charge is 0.293 e. The molecule has 0 radical (unpaired) electrons. The van der Waals surface area contributed by atoms with E-state index in [1.165, 1.54) is 5.56 Å². The summed E-state index contributed by atoms with van der Waals surface area (Å²) >= 11 is 1.68. The predicted octanol–water partition coefficient (Wildman–Crippen LogP) is 3.34. The van der Waals surface area contributed by atoms with Gasteiger partial charge in [-0.2, -0.15) is 0 Å². The molecular weight excluding hydrogens is 356 g/mol. The minimum absolute atomic E-state index is 0.777. The molecule has 0 aliphatic carbocycles. The molecular formula is C20H18N6S. The third-order valence-electron chi connectivity index (χ3n) is 4.70. The molecule has 0 saturated heterocycles. The summed E-state index contributed by atoms with van der Waals surface area (Å²) in [4.78, 5) is 12.8. The van der Waals surface area contributed by atoms with Crippen LogP contribution < -0.4 is 0 Å². The fourth-order valence-electron chi connectivity index (χ4n) is 3.34. The van der Waals surface area contributed by atoms with E-state index in [1.807, 2.05) is 53.5 Å². The first-order valence-electron chi connectivity index (χ1n) is 8.93. The van der Waals surface area contributed by atoms with Crippen LogP contribution in [-0.2, 0) is 19.5 Å². The molecule has 5 rings (SSSR count). The summed E-state index contributed by atoms with van der Waals surface area (Å²) in [5, 5.41) is 10.6. The number of fused-ring (bicyclic) bond motifs is 1. The molecule has 0 unspecified atom stereocenters. The average Bonchev–Trinajstić information content (AvgIpc) is 3.41. The van der Waals surface area contributed by atoms with Crippen molar-refractivity contribution < 1.29 is 0 Å². The van der Waals surface area contributed by atoms with Crippen LogP contribution in [0.4, 0.5) is 0 Å². The van der Waals surface area contributed by atoms with E-state index in [2.05, 4.69) is 31.6 Å². The SMILES string of the molecule is c1ccc(-n2cc(CN3CCc4nc(-c5cccs5)ncc4C3)nn2)cc1. The van der Waals surface area contributed by atoms with Crippen LogP contribution in [0.5, 0.6) is 0 Å². The van der Waals surface area contributed by atoms with Crippen molar-refractivity contribution >= 4 is 11.3 Å². The maximum atomic E-state index is 4.78. The summed E-state index contributed by atoms with van der Waals surface area (Å²) in [7, 11) is 0. The highest BCUT2D eigenvalue weighted by atomic mass is 32.1. The quantitative estimate of drug-likeness (QED) is 0.548. The van der Waals surface area contributed by atoms with Crippen LogP contribution in [0.25, 0.3) is 16.4 Å². The average molecular weight is 374 g/mol. The maximum absolute atomic E-state index is 4.78. The summed E-state index contributed by atoms with van der Waals surface area (Å²) in [5.74, 6) is 0.836. The van der Waals surface area contributed by atoms with Gasteiger partial charge in [-0.25, -0.2) is 14.6 Å². The molecule has 4 heterocycles. The molecule has 0 bridgehead atoms. The molecule has 0 saturated carbocycles. The molecule has 4 aromatic rings. The summed E-state index contributed by atoms with van der Waals surface area (Å²) in [6, 6.07) is 14.2. The van der Waals surface area contributed by atoms with Gasteiger partial charge >= 0.3 is 0 Å². The van der Waals surface area contributed by atoms with E-state index in [0.717, 1.165) is 53.8 Å². The number of benzene rings is 1. The molecule has 0 N–H and O–H groups in total. The van der Waals surface area contributed by atoms with Crippen LogP contribution >= 0.6 is 11.3 Å². The predicted molar refractivity (Wildman–Crippen MR) is 105 cm³/mol. The first-order chi connectivity index (χ1) is 13.3. The Morgan fingerprint density at radius 1 is 1.07 bits per heavy atom. The lowest BCUT2D eigenvalue weighted by Crippen LogP contribution is -2.31. The number of para-hydroxylation sites is 1. The van der Waals surface area contributed by atoms with Crippen molar-refractivity contribution in [3.63, 3.8) is 0 Å². The standard InChI is InChI=1S/C20H18N6S/c1-2-5-17(6-3-1)26-14-16(23-24-26)13-25-9-8-18-15(12-25)11-21-20(22-18)19-7-4-10-27-19/h1-7,10-11,14H,8-9,12-13H2. The number of hydrogen-bond acceptors (Lipinski definition) is 6. The molecule has 7 heteroatoms. The highest BCUT2D eigenvalue weighted by molar-refractivity contribution is 7.13. The Morgan fingerprint density at radius 2 is 2.00 bits per heavy atom. The summed E-state index contributed by atoms with van der Waals surface area (Å²) in [6.07, 6.45) is 4.91. The van der Waals surface area contributed by atoms with E-state index in [0.29, 0.717) is 0 Å². The first-order valence-corrected chi connectivity index (χ1v) is 9.81. The zero-order valence-electron chi connectivity index (χ0n) is 14.7. The Bertz CT molecular complexity index is 1040. The van der Waals surface area contributed by atoms with Crippen LogP contribution in [0, 0.1) is 0 Å². The van der Waals surface area contributed by atoms with Crippen molar-refractivity contribution in [2.45, 2.75) is 19.5 Å². The molecule has 1 aromatic carbocycles.